The molecule has 2 N–H and O–H groups in total. The first kappa shape index (κ1) is 22.1. The van der Waals surface area contributed by atoms with Crippen LogP contribution in [0.15, 0.2) is 24.3 Å². The van der Waals surface area contributed by atoms with Crippen LogP contribution < -0.4 is 5.73 Å². The summed E-state index contributed by atoms with van der Waals surface area (Å²) in [4.78, 5) is 16.8. The predicted octanol–water partition coefficient (Wildman–Crippen LogP) is 4.88. The lowest BCUT2D eigenvalue weighted by atomic mass is 9.91. The van der Waals surface area contributed by atoms with Gasteiger partial charge in [0.05, 0.1) is 0 Å². The largest absolute Gasteiger partial charge is 0.444 e. The smallest absolute Gasteiger partial charge is 0.410 e. The molecule has 3 rings (SSSR count). The molecule has 1 saturated carbocycles. The highest BCUT2D eigenvalue weighted by Crippen LogP contribution is 2.36. The van der Waals surface area contributed by atoms with E-state index in [-0.39, 0.29) is 12.1 Å². The van der Waals surface area contributed by atoms with Crippen LogP contribution in [0.5, 0.6) is 0 Å². The zero-order valence-electron chi connectivity index (χ0n) is 18.7. The van der Waals surface area contributed by atoms with E-state index in [1.807, 2.05) is 32.6 Å². The molecule has 5 nitrogen and oxygen atoms in total. The molecule has 0 radical (unpaired) electrons. The van der Waals surface area contributed by atoms with Crippen molar-refractivity contribution >= 4 is 6.09 Å². The van der Waals surface area contributed by atoms with Crippen molar-refractivity contribution in [2.45, 2.75) is 77.5 Å². The van der Waals surface area contributed by atoms with Crippen LogP contribution >= 0.6 is 0 Å². The highest BCUT2D eigenvalue weighted by atomic mass is 16.6. The molecule has 0 spiro atoms. The average molecular weight is 402 g/mol. The number of ether oxygens (including phenoxy) is 1. The Morgan fingerprint density at radius 2 is 1.62 bits per heavy atom. The first-order valence-corrected chi connectivity index (χ1v) is 11.3. The van der Waals surface area contributed by atoms with Crippen LogP contribution in [0, 0.1) is 5.92 Å². The van der Waals surface area contributed by atoms with E-state index in [1.165, 1.54) is 43.2 Å². The van der Waals surface area contributed by atoms with E-state index in [0.29, 0.717) is 6.04 Å². The molecule has 29 heavy (non-hydrogen) atoms. The molecular formula is C24H39N3O2. The predicted molar refractivity (Wildman–Crippen MR) is 118 cm³/mol. The Bertz CT molecular complexity index is 652. The average Bonchev–Trinajstić information content (AvgIpc) is 3.18. The van der Waals surface area contributed by atoms with E-state index in [1.54, 1.807) is 0 Å². The lowest BCUT2D eigenvalue weighted by Crippen LogP contribution is -2.51. The number of nitrogens with two attached hydrogens (primary N) is 1. The molecule has 1 unspecified atom stereocenters. The van der Waals surface area contributed by atoms with Gasteiger partial charge in [-0.05, 0) is 51.2 Å². The molecule has 2 atom stereocenters. The number of hydrogen-bond acceptors (Lipinski definition) is 4. The van der Waals surface area contributed by atoms with Crippen molar-refractivity contribution in [2.24, 2.45) is 11.7 Å². The van der Waals surface area contributed by atoms with E-state index in [2.05, 4.69) is 29.2 Å². The van der Waals surface area contributed by atoms with Gasteiger partial charge in [-0.15, -0.1) is 0 Å². The van der Waals surface area contributed by atoms with Gasteiger partial charge in [-0.1, -0.05) is 49.9 Å². The zero-order chi connectivity index (χ0) is 21.0. The number of nitrogens with zero attached hydrogens (tertiary/aromatic N) is 2. The summed E-state index contributed by atoms with van der Waals surface area (Å²) in [6.45, 7) is 11.0. The number of rotatable bonds is 5. The Morgan fingerprint density at radius 3 is 2.14 bits per heavy atom. The number of carbonyl (C=O) groups is 1. The van der Waals surface area contributed by atoms with Gasteiger partial charge in [0.2, 0.25) is 0 Å². The van der Waals surface area contributed by atoms with Crippen molar-refractivity contribution in [1.29, 1.82) is 0 Å². The van der Waals surface area contributed by atoms with Crippen molar-refractivity contribution in [1.82, 2.24) is 9.80 Å². The summed E-state index contributed by atoms with van der Waals surface area (Å²) >= 11 is 0. The van der Waals surface area contributed by atoms with Crippen LogP contribution in [0.1, 0.15) is 83.0 Å². The SMILES string of the molecule is C[C@H](N)c1ccc(C(CC2CCCC2)N2CCN(C(=O)OC(C)(C)C)CC2)cc1. The normalized spacial score (nSPS) is 21.2. The molecule has 5 heteroatoms. The third-order valence-electron chi connectivity index (χ3n) is 6.29. The lowest BCUT2D eigenvalue weighted by molar-refractivity contribution is 0.00884. The van der Waals surface area contributed by atoms with Crippen molar-refractivity contribution < 1.29 is 9.53 Å². The minimum absolute atomic E-state index is 0.0645. The quantitative estimate of drug-likeness (QED) is 0.764. The molecule has 1 aromatic rings. The molecule has 1 saturated heterocycles. The van der Waals surface area contributed by atoms with Gasteiger partial charge in [0.1, 0.15) is 5.60 Å². The fraction of sp³-hybridized carbons (Fsp3) is 0.708. The van der Waals surface area contributed by atoms with Gasteiger partial charge in [-0.25, -0.2) is 4.79 Å². The summed E-state index contributed by atoms with van der Waals surface area (Å²) in [5.41, 5.74) is 8.16. The molecule has 1 aromatic carbocycles. The van der Waals surface area contributed by atoms with Crippen molar-refractivity contribution in [3.05, 3.63) is 35.4 Å². The lowest BCUT2D eigenvalue weighted by Gasteiger charge is -2.40. The zero-order valence-corrected chi connectivity index (χ0v) is 18.7. The summed E-state index contributed by atoms with van der Waals surface area (Å²) in [7, 11) is 0. The topological polar surface area (TPSA) is 58.8 Å². The van der Waals surface area contributed by atoms with Crippen LogP contribution in [0.25, 0.3) is 0 Å². The minimum atomic E-state index is -0.443. The van der Waals surface area contributed by atoms with Gasteiger partial charge in [-0.3, -0.25) is 4.90 Å². The van der Waals surface area contributed by atoms with E-state index in [4.69, 9.17) is 10.5 Å². The van der Waals surface area contributed by atoms with Crippen LogP contribution in [0.4, 0.5) is 4.79 Å². The Hall–Kier alpha value is -1.59. The number of benzene rings is 1. The molecule has 162 valence electrons. The van der Waals surface area contributed by atoms with Crippen molar-refractivity contribution in [2.75, 3.05) is 26.2 Å². The first-order chi connectivity index (χ1) is 13.7. The molecule has 2 fully saturated rings. The summed E-state index contributed by atoms with van der Waals surface area (Å²) < 4.78 is 5.56. The molecule has 2 aliphatic rings. The Balaban J connectivity index is 1.67. The molecule has 1 amide bonds. The number of hydrogen-bond donors (Lipinski definition) is 1. The second kappa shape index (κ2) is 9.48. The van der Waals surface area contributed by atoms with Crippen molar-refractivity contribution in [3.63, 3.8) is 0 Å². The van der Waals surface area contributed by atoms with Crippen LogP contribution in [-0.4, -0.2) is 47.7 Å². The van der Waals surface area contributed by atoms with Gasteiger partial charge in [0.15, 0.2) is 0 Å². The number of amides is 1. The fourth-order valence-corrected chi connectivity index (χ4v) is 4.62. The van der Waals surface area contributed by atoms with Gasteiger partial charge in [0.25, 0.3) is 0 Å². The minimum Gasteiger partial charge on any atom is -0.444 e. The third-order valence-corrected chi connectivity index (χ3v) is 6.29. The van der Waals surface area contributed by atoms with E-state index < -0.39 is 5.60 Å². The van der Waals surface area contributed by atoms with Crippen LogP contribution in [-0.2, 0) is 4.74 Å². The summed E-state index contributed by atoms with van der Waals surface area (Å²) in [5, 5.41) is 0. The third kappa shape index (κ3) is 6.19. The van der Waals surface area contributed by atoms with E-state index >= 15 is 0 Å². The van der Waals surface area contributed by atoms with Gasteiger partial charge < -0.3 is 15.4 Å². The highest BCUT2D eigenvalue weighted by molar-refractivity contribution is 5.68. The maximum Gasteiger partial charge on any atom is 0.410 e. The van der Waals surface area contributed by atoms with Crippen LogP contribution in [0.2, 0.25) is 0 Å². The Kier molecular flexibility index (Phi) is 7.23. The summed E-state index contributed by atoms with van der Waals surface area (Å²) in [6.07, 6.45) is 6.47. The van der Waals surface area contributed by atoms with Gasteiger partial charge in [-0.2, -0.15) is 0 Å². The number of carbonyl (C=O) groups excluding carboxylic acids is 1. The van der Waals surface area contributed by atoms with Gasteiger partial charge in [0, 0.05) is 38.3 Å². The van der Waals surface area contributed by atoms with Crippen LogP contribution in [0.3, 0.4) is 0 Å². The second-order valence-corrected chi connectivity index (χ2v) is 9.86. The molecule has 1 heterocycles. The molecular weight excluding hydrogens is 362 g/mol. The Labute approximate surface area is 176 Å². The number of piperazine rings is 1. The monoisotopic (exact) mass is 401 g/mol. The fourth-order valence-electron chi connectivity index (χ4n) is 4.62. The molecule has 1 aliphatic carbocycles. The molecule has 0 bridgehead atoms. The maximum atomic E-state index is 12.4. The Morgan fingerprint density at radius 1 is 1.07 bits per heavy atom. The highest BCUT2D eigenvalue weighted by Gasteiger charge is 2.31. The second-order valence-electron chi connectivity index (χ2n) is 9.86. The van der Waals surface area contributed by atoms with Crippen molar-refractivity contribution in [3.8, 4) is 0 Å². The maximum absolute atomic E-state index is 12.4. The molecule has 1 aliphatic heterocycles. The van der Waals surface area contributed by atoms with Gasteiger partial charge >= 0.3 is 6.09 Å². The van der Waals surface area contributed by atoms with E-state index in [9.17, 15) is 4.79 Å². The summed E-state index contributed by atoms with van der Waals surface area (Å²) in [6, 6.07) is 9.37. The standard InChI is InChI=1S/C24H39N3O2/c1-18(25)20-9-11-21(12-10-20)22(17-19-7-5-6-8-19)26-13-15-27(16-14-26)23(28)29-24(2,3)4/h9-12,18-19,22H,5-8,13-17,25H2,1-4H3/t18-,22?/m0/s1. The molecule has 0 aromatic heterocycles. The first-order valence-electron chi connectivity index (χ1n) is 11.3. The summed E-state index contributed by atoms with van der Waals surface area (Å²) in [5.74, 6) is 0.817. The van der Waals surface area contributed by atoms with E-state index in [0.717, 1.165) is 32.1 Å².